The maximum atomic E-state index is 12.5. The van der Waals surface area contributed by atoms with E-state index in [-0.39, 0.29) is 11.9 Å². The number of aryl methyl sites for hydroxylation is 1. The fraction of sp³-hybridized carbons (Fsp3) is 0.429. The van der Waals surface area contributed by atoms with Crippen molar-refractivity contribution in [2.24, 2.45) is 13.0 Å². The van der Waals surface area contributed by atoms with E-state index >= 15 is 0 Å². The molecule has 0 saturated carbocycles. The Morgan fingerprint density at radius 2 is 2.27 bits per heavy atom. The second-order valence-corrected chi connectivity index (χ2v) is 6.49. The normalized spacial score (nSPS) is 12.9. The smallest absolute Gasteiger partial charge is 0.272 e. The van der Waals surface area contributed by atoms with Gasteiger partial charge in [-0.05, 0) is 12.3 Å². The molecule has 22 heavy (non-hydrogen) atoms. The van der Waals surface area contributed by atoms with Crippen LogP contribution in [0.5, 0.6) is 0 Å². The fourth-order valence-corrected chi connectivity index (χ4v) is 3.09. The molecule has 0 spiro atoms. The molecular formula is C14H18N6OS. The molecule has 7 nitrogen and oxygen atoms in total. The quantitative estimate of drug-likeness (QED) is 0.781. The molecule has 0 bridgehead atoms. The van der Waals surface area contributed by atoms with Gasteiger partial charge in [-0.15, -0.1) is 11.3 Å². The zero-order valence-corrected chi connectivity index (χ0v) is 13.5. The van der Waals surface area contributed by atoms with Gasteiger partial charge in [-0.3, -0.25) is 13.9 Å². The van der Waals surface area contributed by atoms with Gasteiger partial charge in [0.25, 0.3) is 5.91 Å². The van der Waals surface area contributed by atoms with Gasteiger partial charge < -0.3 is 5.32 Å². The first-order valence-corrected chi connectivity index (χ1v) is 7.99. The lowest BCUT2D eigenvalue weighted by molar-refractivity contribution is 0.0924. The number of nitrogens with zero attached hydrogens (tertiary/aromatic N) is 5. The van der Waals surface area contributed by atoms with E-state index in [0.29, 0.717) is 11.6 Å². The van der Waals surface area contributed by atoms with Gasteiger partial charge in [0, 0.05) is 24.8 Å². The van der Waals surface area contributed by atoms with E-state index in [2.05, 4.69) is 34.2 Å². The van der Waals surface area contributed by atoms with Gasteiger partial charge in [-0.1, -0.05) is 13.8 Å². The van der Waals surface area contributed by atoms with Gasteiger partial charge in [-0.25, -0.2) is 9.97 Å². The van der Waals surface area contributed by atoms with Crippen molar-refractivity contribution < 1.29 is 4.79 Å². The van der Waals surface area contributed by atoms with Crippen molar-refractivity contribution >= 4 is 22.2 Å². The lowest BCUT2D eigenvalue weighted by Crippen LogP contribution is -2.31. The summed E-state index contributed by atoms with van der Waals surface area (Å²) in [4.78, 5) is 21.9. The van der Waals surface area contributed by atoms with Crippen molar-refractivity contribution in [1.82, 2.24) is 29.5 Å². The molecule has 3 aromatic rings. The maximum Gasteiger partial charge on any atom is 0.272 e. The van der Waals surface area contributed by atoms with Crippen LogP contribution in [0.3, 0.4) is 0 Å². The second-order valence-electron chi connectivity index (χ2n) is 5.62. The average molecular weight is 318 g/mol. The van der Waals surface area contributed by atoms with Crippen LogP contribution in [0.15, 0.2) is 24.1 Å². The summed E-state index contributed by atoms with van der Waals surface area (Å²) in [7, 11) is 1.83. The third-order valence-corrected chi connectivity index (χ3v) is 4.17. The minimum atomic E-state index is -0.190. The summed E-state index contributed by atoms with van der Waals surface area (Å²) in [6, 6.07) is -0.181. The Morgan fingerprint density at radius 3 is 2.91 bits per heavy atom. The van der Waals surface area contributed by atoms with Crippen molar-refractivity contribution in [2.75, 3.05) is 0 Å². The Balaban J connectivity index is 1.81. The highest BCUT2D eigenvalue weighted by Crippen LogP contribution is 2.20. The number of nitrogens with one attached hydrogen (secondary N) is 1. The molecule has 0 aliphatic rings. The van der Waals surface area contributed by atoms with Gasteiger partial charge in [0.1, 0.15) is 17.8 Å². The Kier molecular flexibility index (Phi) is 3.93. The number of hydrogen-bond donors (Lipinski definition) is 1. The number of fused-ring (bicyclic) bond motifs is 1. The van der Waals surface area contributed by atoms with Crippen LogP contribution in [0.1, 0.15) is 42.6 Å². The number of carbonyl (C=O) groups excluding carboxylic acids is 1. The Labute approximate surface area is 132 Å². The molecule has 0 radical (unpaired) electrons. The largest absolute Gasteiger partial charge is 0.341 e. The van der Waals surface area contributed by atoms with Gasteiger partial charge in [0.05, 0.1) is 6.04 Å². The molecule has 1 N–H and O–H groups in total. The van der Waals surface area contributed by atoms with Gasteiger partial charge >= 0.3 is 0 Å². The van der Waals surface area contributed by atoms with Gasteiger partial charge in [0.15, 0.2) is 4.96 Å². The van der Waals surface area contributed by atoms with Crippen LogP contribution in [-0.4, -0.2) is 30.1 Å². The zero-order valence-electron chi connectivity index (χ0n) is 12.7. The number of thiazole rings is 1. The van der Waals surface area contributed by atoms with Crippen molar-refractivity contribution in [3.8, 4) is 0 Å². The van der Waals surface area contributed by atoms with Gasteiger partial charge in [0.2, 0.25) is 0 Å². The molecule has 0 aliphatic heterocycles. The van der Waals surface area contributed by atoms with E-state index in [0.717, 1.165) is 17.2 Å². The van der Waals surface area contributed by atoms with Crippen LogP contribution < -0.4 is 5.32 Å². The molecule has 0 saturated heterocycles. The lowest BCUT2D eigenvalue weighted by Gasteiger charge is -2.19. The van der Waals surface area contributed by atoms with Crippen LogP contribution in [0.2, 0.25) is 0 Å². The van der Waals surface area contributed by atoms with Crippen LogP contribution in [-0.2, 0) is 7.05 Å². The van der Waals surface area contributed by atoms with E-state index in [1.54, 1.807) is 10.9 Å². The van der Waals surface area contributed by atoms with Crippen molar-refractivity contribution in [3.63, 3.8) is 0 Å². The fourth-order valence-electron chi connectivity index (χ4n) is 2.39. The summed E-state index contributed by atoms with van der Waals surface area (Å²) in [5, 5.41) is 9.05. The molecular weight excluding hydrogens is 300 g/mol. The molecule has 116 valence electrons. The first kappa shape index (κ1) is 14.7. The molecule has 0 aromatic carbocycles. The number of aromatic nitrogens is 5. The summed E-state index contributed by atoms with van der Waals surface area (Å²) in [5.41, 5.74) is 0.419. The summed E-state index contributed by atoms with van der Waals surface area (Å²) in [5.74, 6) is 0.986. The van der Waals surface area contributed by atoms with E-state index in [9.17, 15) is 4.79 Å². The molecule has 1 atom stereocenters. The molecule has 8 heteroatoms. The van der Waals surface area contributed by atoms with Crippen molar-refractivity contribution in [3.05, 3.63) is 35.6 Å². The van der Waals surface area contributed by atoms with E-state index in [1.165, 1.54) is 17.7 Å². The SMILES string of the molecule is CC(C)CC(NC(=O)c1cn2ccsc2n1)c1ncnn1C. The summed E-state index contributed by atoms with van der Waals surface area (Å²) >= 11 is 1.50. The topological polar surface area (TPSA) is 77.1 Å². The second kappa shape index (κ2) is 5.88. The van der Waals surface area contributed by atoms with E-state index < -0.39 is 0 Å². The maximum absolute atomic E-state index is 12.5. The monoisotopic (exact) mass is 318 g/mol. The highest BCUT2D eigenvalue weighted by Gasteiger charge is 2.22. The van der Waals surface area contributed by atoms with Gasteiger partial charge in [-0.2, -0.15) is 5.10 Å². The Hall–Kier alpha value is -2.22. The number of imidazole rings is 1. The first-order chi connectivity index (χ1) is 10.5. The van der Waals surface area contributed by atoms with E-state index in [4.69, 9.17) is 0 Å². The minimum Gasteiger partial charge on any atom is -0.341 e. The predicted octanol–water partition coefficient (Wildman–Crippen LogP) is 2.04. The highest BCUT2D eigenvalue weighted by molar-refractivity contribution is 7.15. The summed E-state index contributed by atoms with van der Waals surface area (Å²) in [6.45, 7) is 4.23. The third kappa shape index (κ3) is 2.87. The first-order valence-electron chi connectivity index (χ1n) is 7.11. The molecule has 1 amide bonds. The lowest BCUT2D eigenvalue weighted by atomic mass is 10.0. The number of carbonyl (C=O) groups is 1. The molecule has 1 unspecified atom stereocenters. The molecule has 0 aliphatic carbocycles. The summed E-state index contributed by atoms with van der Waals surface area (Å²) in [6.07, 6.45) is 5.92. The standard InChI is InChI=1S/C14H18N6OS/c1-9(2)6-10(12-15-8-16-19(12)3)17-13(21)11-7-20-4-5-22-14(20)18-11/h4-5,7-10H,6H2,1-3H3,(H,17,21). The highest BCUT2D eigenvalue weighted by atomic mass is 32.1. The summed E-state index contributed by atoms with van der Waals surface area (Å²) < 4.78 is 3.54. The minimum absolute atomic E-state index is 0.181. The van der Waals surface area contributed by atoms with Crippen LogP contribution in [0.25, 0.3) is 4.96 Å². The number of rotatable bonds is 5. The number of amides is 1. The predicted molar refractivity (Wildman–Crippen MR) is 83.7 cm³/mol. The Morgan fingerprint density at radius 1 is 1.45 bits per heavy atom. The average Bonchev–Trinajstić information content (AvgIpc) is 3.11. The third-order valence-electron chi connectivity index (χ3n) is 3.40. The van der Waals surface area contributed by atoms with Crippen molar-refractivity contribution in [2.45, 2.75) is 26.3 Å². The molecule has 3 aromatic heterocycles. The molecule has 3 rings (SSSR count). The zero-order chi connectivity index (χ0) is 15.7. The van der Waals surface area contributed by atoms with Crippen LogP contribution in [0, 0.1) is 5.92 Å². The molecule has 3 heterocycles. The van der Waals surface area contributed by atoms with Crippen LogP contribution in [0.4, 0.5) is 0 Å². The molecule has 0 fully saturated rings. The number of hydrogen-bond acceptors (Lipinski definition) is 5. The van der Waals surface area contributed by atoms with E-state index in [1.807, 2.05) is 23.0 Å². The van der Waals surface area contributed by atoms with Crippen LogP contribution >= 0.6 is 11.3 Å². The van der Waals surface area contributed by atoms with Crippen molar-refractivity contribution in [1.29, 1.82) is 0 Å². The Bertz CT molecular complexity index is 758.